The Labute approximate surface area is 88.1 Å². The number of nitro benzene ring substituents is 1. The van der Waals surface area contributed by atoms with E-state index in [4.69, 9.17) is 0 Å². The van der Waals surface area contributed by atoms with Gasteiger partial charge in [0.05, 0.1) is 4.92 Å². The van der Waals surface area contributed by atoms with Crippen molar-refractivity contribution in [2.45, 2.75) is 27.7 Å². The first kappa shape index (κ1) is 11.4. The van der Waals surface area contributed by atoms with E-state index >= 15 is 0 Å². The van der Waals surface area contributed by atoms with Gasteiger partial charge < -0.3 is 0 Å². The summed E-state index contributed by atoms with van der Waals surface area (Å²) in [4.78, 5) is 21.7. The molecule has 1 aromatic carbocycles. The van der Waals surface area contributed by atoms with Gasteiger partial charge in [0.15, 0.2) is 5.78 Å². The molecule has 15 heavy (non-hydrogen) atoms. The average Bonchev–Trinajstić information content (AvgIpc) is 2.10. The number of hydrogen-bond acceptors (Lipinski definition) is 3. The van der Waals surface area contributed by atoms with Crippen LogP contribution in [0.1, 0.15) is 34.0 Å². The molecule has 0 aliphatic carbocycles. The van der Waals surface area contributed by atoms with Crippen molar-refractivity contribution in [1.29, 1.82) is 0 Å². The summed E-state index contributed by atoms with van der Waals surface area (Å²) in [5, 5.41) is 10.9. The zero-order valence-corrected chi connectivity index (χ0v) is 9.25. The van der Waals surface area contributed by atoms with Crippen LogP contribution in [0.4, 0.5) is 5.69 Å². The second-order valence-electron chi connectivity index (χ2n) is 3.65. The van der Waals surface area contributed by atoms with Crippen molar-refractivity contribution < 1.29 is 9.72 Å². The van der Waals surface area contributed by atoms with E-state index < -0.39 is 4.92 Å². The third kappa shape index (κ3) is 1.88. The minimum absolute atomic E-state index is 0.0557. The van der Waals surface area contributed by atoms with Crippen LogP contribution in [-0.4, -0.2) is 10.7 Å². The van der Waals surface area contributed by atoms with E-state index in [1.165, 1.54) is 6.92 Å². The Morgan fingerprint density at radius 3 is 2.20 bits per heavy atom. The van der Waals surface area contributed by atoms with E-state index in [1.54, 1.807) is 26.8 Å². The molecule has 0 aromatic heterocycles. The SMILES string of the molecule is CC(=O)c1cc(C)c(C)c([N+](=O)[O-])c1C. The van der Waals surface area contributed by atoms with Crippen LogP contribution in [0.25, 0.3) is 0 Å². The Hall–Kier alpha value is -1.71. The average molecular weight is 207 g/mol. The zero-order chi connectivity index (χ0) is 11.7. The molecule has 0 aliphatic heterocycles. The normalized spacial score (nSPS) is 10.1. The first-order valence-corrected chi connectivity index (χ1v) is 4.62. The van der Waals surface area contributed by atoms with Crippen LogP contribution in [-0.2, 0) is 0 Å². The van der Waals surface area contributed by atoms with Crippen molar-refractivity contribution in [3.63, 3.8) is 0 Å². The first-order valence-electron chi connectivity index (χ1n) is 4.62. The van der Waals surface area contributed by atoms with Crippen LogP contribution >= 0.6 is 0 Å². The number of nitrogens with zero attached hydrogens (tertiary/aromatic N) is 1. The zero-order valence-electron chi connectivity index (χ0n) is 9.25. The second kappa shape index (κ2) is 3.81. The van der Waals surface area contributed by atoms with E-state index in [2.05, 4.69) is 0 Å². The molecule has 0 atom stereocenters. The highest BCUT2D eigenvalue weighted by Gasteiger charge is 2.21. The summed E-state index contributed by atoms with van der Waals surface area (Å²) >= 11 is 0. The number of carbonyl (C=O) groups excluding carboxylic acids is 1. The Morgan fingerprint density at radius 1 is 1.27 bits per heavy atom. The second-order valence-corrected chi connectivity index (χ2v) is 3.65. The number of Topliss-reactive ketones (excluding diaryl/α,β-unsaturated/α-hetero) is 1. The van der Waals surface area contributed by atoms with E-state index in [0.717, 1.165) is 5.56 Å². The highest BCUT2D eigenvalue weighted by atomic mass is 16.6. The predicted octanol–water partition coefficient (Wildman–Crippen LogP) is 2.72. The van der Waals surface area contributed by atoms with E-state index in [-0.39, 0.29) is 11.5 Å². The van der Waals surface area contributed by atoms with Gasteiger partial charge in [-0.15, -0.1) is 0 Å². The molecule has 0 unspecified atom stereocenters. The number of nitro groups is 1. The monoisotopic (exact) mass is 207 g/mol. The van der Waals surface area contributed by atoms with Crippen molar-refractivity contribution in [1.82, 2.24) is 0 Å². The smallest absolute Gasteiger partial charge is 0.276 e. The van der Waals surface area contributed by atoms with Crippen LogP contribution < -0.4 is 0 Å². The maximum absolute atomic E-state index is 11.3. The molecule has 0 saturated heterocycles. The summed E-state index contributed by atoms with van der Waals surface area (Å²) in [6.45, 7) is 6.50. The van der Waals surface area contributed by atoms with Crippen LogP contribution in [0.5, 0.6) is 0 Å². The summed E-state index contributed by atoms with van der Waals surface area (Å²) in [5.74, 6) is -0.140. The van der Waals surface area contributed by atoms with Crippen LogP contribution in [0.3, 0.4) is 0 Å². The van der Waals surface area contributed by atoms with Gasteiger partial charge in [-0.1, -0.05) is 0 Å². The lowest BCUT2D eigenvalue weighted by molar-refractivity contribution is -0.386. The maximum Gasteiger partial charge on any atom is 0.276 e. The van der Waals surface area contributed by atoms with Crippen LogP contribution in [0.2, 0.25) is 0 Å². The van der Waals surface area contributed by atoms with Crippen molar-refractivity contribution >= 4 is 11.5 Å². The largest absolute Gasteiger partial charge is 0.294 e. The minimum atomic E-state index is -0.426. The molecule has 4 nitrogen and oxygen atoms in total. The number of rotatable bonds is 2. The molecule has 0 heterocycles. The lowest BCUT2D eigenvalue weighted by Gasteiger charge is -2.08. The minimum Gasteiger partial charge on any atom is -0.294 e. The quantitative estimate of drug-likeness (QED) is 0.425. The lowest BCUT2D eigenvalue weighted by atomic mass is 9.96. The molecule has 1 aromatic rings. The fourth-order valence-corrected chi connectivity index (χ4v) is 1.67. The van der Waals surface area contributed by atoms with Gasteiger partial charge in [0.25, 0.3) is 5.69 Å². The van der Waals surface area contributed by atoms with Gasteiger partial charge in [-0.2, -0.15) is 0 Å². The van der Waals surface area contributed by atoms with E-state index in [1.807, 2.05) is 0 Å². The lowest BCUT2D eigenvalue weighted by Crippen LogP contribution is -2.04. The van der Waals surface area contributed by atoms with Gasteiger partial charge in [0.2, 0.25) is 0 Å². The van der Waals surface area contributed by atoms with Gasteiger partial charge in [0.1, 0.15) is 0 Å². The molecular weight excluding hydrogens is 194 g/mol. The first-order chi connectivity index (χ1) is 6.86. The molecule has 80 valence electrons. The van der Waals surface area contributed by atoms with Gasteiger partial charge in [-0.3, -0.25) is 14.9 Å². The summed E-state index contributed by atoms with van der Waals surface area (Å²) in [6.07, 6.45) is 0. The van der Waals surface area contributed by atoms with Crippen molar-refractivity contribution in [2.24, 2.45) is 0 Å². The number of aryl methyl sites for hydroxylation is 1. The Kier molecular flexibility index (Phi) is 2.88. The topological polar surface area (TPSA) is 60.2 Å². The summed E-state index contributed by atoms with van der Waals surface area (Å²) in [6, 6.07) is 1.71. The number of hydrogen-bond donors (Lipinski definition) is 0. The molecule has 0 radical (unpaired) electrons. The number of ketones is 1. The number of benzene rings is 1. The van der Waals surface area contributed by atoms with Crippen LogP contribution in [0.15, 0.2) is 6.07 Å². The van der Waals surface area contributed by atoms with E-state index in [0.29, 0.717) is 16.7 Å². The van der Waals surface area contributed by atoms with Gasteiger partial charge in [-0.05, 0) is 39.3 Å². The molecule has 0 fully saturated rings. The third-order valence-corrected chi connectivity index (χ3v) is 2.63. The van der Waals surface area contributed by atoms with Crippen molar-refractivity contribution in [3.8, 4) is 0 Å². The number of carbonyl (C=O) groups is 1. The fraction of sp³-hybridized carbons (Fsp3) is 0.364. The molecule has 0 aliphatic rings. The standard InChI is InChI=1S/C11H13NO3/c1-6-5-10(9(4)13)8(3)11(7(6)2)12(14)15/h5H,1-4H3. The maximum atomic E-state index is 11.3. The molecule has 0 bridgehead atoms. The molecule has 0 saturated carbocycles. The molecule has 4 heteroatoms. The third-order valence-electron chi connectivity index (χ3n) is 2.63. The summed E-state index contributed by atoms with van der Waals surface area (Å²) in [5.41, 5.74) is 2.35. The van der Waals surface area contributed by atoms with Crippen molar-refractivity contribution in [2.75, 3.05) is 0 Å². The molecule has 0 N–H and O–H groups in total. The summed E-state index contributed by atoms with van der Waals surface area (Å²) < 4.78 is 0. The van der Waals surface area contributed by atoms with Gasteiger partial charge in [-0.25, -0.2) is 0 Å². The highest BCUT2D eigenvalue weighted by Crippen LogP contribution is 2.28. The molecule has 1 rings (SSSR count). The Bertz CT molecular complexity index is 450. The van der Waals surface area contributed by atoms with E-state index in [9.17, 15) is 14.9 Å². The van der Waals surface area contributed by atoms with Crippen LogP contribution in [0, 0.1) is 30.9 Å². The Morgan fingerprint density at radius 2 is 1.80 bits per heavy atom. The van der Waals surface area contributed by atoms with Gasteiger partial charge >= 0.3 is 0 Å². The van der Waals surface area contributed by atoms with Gasteiger partial charge in [0, 0.05) is 16.7 Å². The predicted molar refractivity (Wildman–Crippen MR) is 57.3 cm³/mol. The Balaban J connectivity index is 3.63. The fourth-order valence-electron chi connectivity index (χ4n) is 1.67. The molecule has 0 spiro atoms. The summed E-state index contributed by atoms with van der Waals surface area (Å²) in [7, 11) is 0. The van der Waals surface area contributed by atoms with Crippen molar-refractivity contribution in [3.05, 3.63) is 38.4 Å². The molecule has 0 amide bonds. The molecular formula is C11H13NO3. The highest BCUT2D eigenvalue weighted by molar-refractivity contribution is 5.97.